The zero-order chi connectivity index (χ0) is 20.7. The number of nitro benzene ring substituents is 2. The maximum absolute atomic E-state index is 12.0. The monoisotopic (exact) mass is 385 g/mol. The number of hydrazone groups is 1. The number of non-ortho nitro benzene ring substituents is 2. The fraction of sp³-hybridized carbons (Fsp3) is 0.118. The van der Waals surface area contributed by atoms with Gasteiger partial charge in [-0.05, 0) is 25.1 Å². The predicted molar refractivity (Wildman–Crippen MR) is 100 cm³/mol. The molecule has 0 aromatic heterocycles. The molecule has 11 heteroatoms. The van der Waals surface area contributed by atoms with Crippen LogP contribution in [0.15, 0.2) is 53.6 Å². The van der Waals surface area contributed by atoms with Gasteiger partial charge in [-0.25, -0.2) is 5.43 Å². The number of rotatable bonds is 7. The molecule has 0 bridgehead atoms. The topological polar surface area (TPSA) is 157 Å². The van der Waals surface area contributed by atoms with Gasteiger partial charge >= 0.3 is 0 Å². The van der Waals surface area contributed by atoms with E-state index < -0.39 is 21.7 Å². The van der Waals surface area contributed by atoms with Crippen LogP contribution < -0.4 is 10.7 Å². The largest absolute Gasteiger partial charge is 0.326 e. The van der Waals surface area contributed by atoms with Gasteiger partial charge in [-0.15, -0.1) is 0 Å². The van der Waals surface area contributed by atoms with Crippen molar-refractivity contribution >= 4 is 34.6 Å². The SMILES string of the molecule is C/C(CC(=O)Nc1cccc([N+](=O)[O-])c1)=N/NC(=O)c1ccc([N+](=O)[O-])cc1. The van der Waals surface area contributed by atoms with Crippen LogP contribution in [0.25, 0.3) is 0 Å². The summed E-state index contributed by atoms with van der Waals surface area (Å²) in [6.07, 6.45) is -0.150. The maximum atomic E-state index is 12.0. The molecule has 0 heterocycles. The van der Waals surface area contributed by atoms with Gasteiger partial charge < -0.3 is 5.32 Å². The van der Waals surface area contributed by atoms with Crippen molar-refractivity contribution in [2.24, 2.45) is 5.10 Å². The number of hydrogen-bond donors (Lipinski definition) is 2. The normalized spacial score (nSPS) is 10.8. The summed E-state index contributed by atoms with van der Waals surface area (Å²) in [5, 5.41) is 27.6. The summed E-state index contributed by atoms with van der Waals surface area (Å²) in [6, 6.07) is 10.4. The molecule has 2 aromatic carbocycles. The lowest BCUT2D eigenvalue weighted by atomic mass is 10.2. The molecule has 0 saturated heterocycles. The van der Waals surface area contributed by atoms with Crippen molar-refractivity contribution in [1.82, 2.24) is 5.43 Å². The highest BCUT2D eigenvalue weighted by Gasteiger charge is 2.11. The van der Waals surface area contributed by atoms with E-state index in [1.807, 2.05) is 0 Å². The fourth-order valence-corrected chi connectivity index (χ4v) is 2.12. The number of anilines is 1. The Kier molecular flexibility index (Phi) is 6.47. The number of hydrogen-bond acceptors (Lipinski definition) is 7. The van der Waals surface area contributed by atoms with Crippen LogP contribution in [-0.2, 0) is 4.79 Å². The first kappa shape index (κ1) is 20.2. The molecule has 2 rings (SSSR count). The van der Waals surface area contributed by atoms with Crippen molar-refractivity contribution in [3.63, 3.8) is 0 Å². The van der Waals surface area contributed by atoms with Crippen LogP contribution in [0.3, 0.4) is 0 Å². The number of amides is 2. The Labute approximate surface area is 158 Å². The van der Waals surface area contributed by atoms with Gasteiger partial charge in [0.05, 0.1) is 16.3 Å². The third-order valence-corrected chi connectivity index (χ3v) is 3.45. The van der Waals surface area contributed by atoms with Crippen LogP contribution >= 0.6 is 0 Å². The van der Waals surface area contributed by atoms with Crippen LogP contribution in [0.2, 0.25) is 0 Å². The Bertz CT molecular complexity index is 955. The van der Waals surface area contributed by atoms with E-state index in [0.29, 0.717) is 0 Å². The predicted octanol–water partition coefficient (Wildman–Crippen LogP) is 2.64. The van der Waals surface area contributed by atoms with Crippen LogP contribution in [-0.4, -0.2) is 27.4 Å². The average Bonchev–Trinajstić information content (AvgIpc) is 2.66. The van der Waals surface area contributed by atoms with E-state index in [9.17, 15) is 29.8 Å². The van der Waals surface area contributed by atoms with Crippen molar-refractivity contribution < 1.29 is 19.4 Å². The summed E-state index contributed by atoms with van der Waals surface area (Å²) in [6.45, 7) is 1.52. The number of carbonyl (C=O) groups is 2. The van der Waals surface area contributed by atoms with Crippen molar-refractivity contribution in [3.05, 3.63) is 74.3 Å². The zero-order valence-corrected chi connectivity index (χ0v) is 14.6. The lowest BCUT2D eigenvalue weighted by Crippen LogP contribution is -2.21. The number of nitrogens with one attached hydrogen (secondary N) is 2. The molecule has 0 radical (unpaired) electrons. The molecule has 11 nitrogen and oxygen atoms in total. The highest BCUT2D eigenvalue weighted by molar-refractivity contribution is 6.06. The van der Waals surface area contributed by atoms with Crippen molar-refractivity contribution in [3.8, 4) is 0 Å². The average molecular weight is 385 g/mol. The van der Waals surface area contributed by atoms with E-state index in [2.05, 4.69) is 15.8 Å². The summed E-state index contributed by atoms with van der Waals surface area (Å²) >= 11 is 0. The first-order valence-corrected chi connectivity index (χ1v) is 7.88. The second-order valence-electron chi connectivity index (χ2n) is 5.62. The molecule has 0 aliphatic carbocycles. The Morgan fingerprint density at radius 2 is 1.64 bits per heavy atom. The third-order valence-electron chi connectivity index (χ3n) is 3.45. The molecule has 0 aliphatic rings. The van der Waals surface area contributed by atoms with Crippen molar-refractivity contribution in [1.29, 1.82) is 0 Å². The number of nitro groups is 2. The molecule has 2 N–H and O–H groups in total. The van der Waals surface area contributed by atoms with Crippen LogP contribution in [0, 0.1) is 20.2 Å². The molecule has 0 saturated carbocycles. The summed E-state index contributed by atoms with van der Waals surface area (Å²) < 4.78 is 0. The fourth-order valence-electron chi connectivity index (χ4n) is 2.12. The van der Waals surface area contributed by atoms with Gasteiger partial charge in [-0.2, -0.15) is 5.10 Å². The van der Waals surface area contributed by atoms with E-state index >= 15 is 0 Å². The van der Waals surface area contributed by atoms with E-state index in [-0.39, 0.29) is 34.8 Å². The van der Waals surface area contributed by atoms with Gasteiger partial charge in [-0.1, -0.05) is 6.07 Å². The molecule has 28 heavy (non-hydrogen) atoms. The summed E-state index contributed by atoms with van der Waals surface area (Å²) in [5.74, 6) is -1.06. The molecular weight excluding hydrogens is 370 g/mol. The van der Waals surface area contributed by atoms with Gasteiger partial charge in [-0.3, -0.25) is 29.8 Å². The van der Waals surface area contributed by atoms with Crippen molar-refractivity contribution in [2.45, 2.75) is 13.3 Å². The lowest BCUT2D eigenvalue weighted by Gasteiger charge is -2.05. The third kappa shape index (κ3) is 5.69. The van der Waals surface area contributed by atoms with Gasteiger partial charge in [0, 0.05) is 41.2 Å². The number of nitrogens with zero attached hydrogens (tertiary/aromatic N) is 3. The van der Waals surface area contributed by atoms with Crippen molar-refractivity contribution in [2.75, 3.05) is 5.32 Å². The second kappa shape index (κ2) is 8.98. The quantitative estimate of drug-likeness (QED) is 0.424. The summed E-state index contributed by atoms with van der Waals surface area (Å²) in [4.78, 5) is 44.1. The summed E-state index contributed by atoms with van der Waals surface area (Å²) in [7, 11) is 0. The Balaban J connectivity index is 1.91. The van der Waals surface area contributed by atoms with Crippen LogP contribution in [0.5, 0.6) is 0 Å². The van der Waals surface area contributed by atoms with E-state index in [1.165, 1.54) is 55.5 Å². The maximum Gasteiger partial charge on any atom is 0.271 e. The Morgan fingerprint density at radius 3 is 2.25 bits per heavy atom. The van der Waals surface area contributed by atoms with Gasteiger partial charge in [0.2, 0.25) is 5.91 Å². The molecule has 0 unspecified atom stereocenters. The van der Waals surface area contributed by atoms with E-state index in [4.69, 9.17) is 0 Å². The smallest absolute Gasteiger partial charge is 0.271 e. The number of carbonyl (C=O) groups excluding carboxylic acids is 2. The Morgan fingerprint density at radius 1 is 1.00 bits per heavy atom. The highest BCUT2D eigenvalue weighted by atomic mass is 16.6. The zero-order valence-electron chi connectivity index (χ0n) is 14.6. The Hall–Kier alpha value is -4.15. The second-order valence-corrected chi connectivity index (χ2v) is 5.62. The van der Waals surface area contributed by atoms with Crippen LogP contribution in [0.1, 0.15) is 23.7 Å². The molecule has 144 valence electrons. The van der Waals surface area contributed by atoms with Gasteiger partial charge in [0.1, 0.15) is 0 Å². The first-order valence-electron chi connectivity index (χ1n) is 7.88. The first-order chi connectivity index (χ1) is 13.3. The molecule has 2 aromatic rings. The van der Waals surface area contributed by atoms with Gasteiger partial charge in [0.15, 0.2) is 0 Å². The molecular formula is C17H15N5O6. The van der Waals surface area contributed by atoms with E-state index in [1.54, 1.807) is 0 Å². The van der Waals surface area contributed by atoms with E-state index in [0.717, 1.165) is 0 Å². The molecule has 2 amide bonds. The highest BCUT2D eigenvalue weighted by Crippen LogP contribution is 2.17. The minimum absolute atomic E-state index is 0.144. The number of benzene rings is 2. The minimum Gasteiger partial charge on any atom is -0.326 e. The lowest BCUT2D eigenvalue weighted by molar-refractivity contribution is -0.385. The standard InChI is InChI=1S/C17H15N5O6/c1-11(9-16(23)18-13-3-2-4-15(10-13)22(27)28)19-20-17(24)12-5-7-14(8-6-12)21(25)26/h2-8,10H,9H2,1H3,(H,18,23)(H,20,24)/b19-11-. The summed E-state index contributed by atoms with van der Waals surface area (Å²) in [5.41, 5.74) is 2.68. The van der Waals surface area contributed by atoms with Crippen LogP contribution in [0.4, 0.5) is 17.1 Å². The minimum atomic E-state index is -0.589. The molecule has 0 atom stereocenters. The molecule has 0 aliphatic heterocycles. The molecule has 0 spiro atoms. The van der Waals surface area contributed by atoms with Gasteiger partial charge in [0.25, 0.3) is 17.3 Å². The molecule has 0 fully saturated rings.